The van der Waals surface area contributed by atoms with Crippen LogP contribution < -0.4 is 9.47 Å². The van der Waals surface area contributed by atoms with Crippen LogP contribution in [0, 0.1) is 0 Å². The summed E-state index contributed by atoms with van der Waals surface area (Å²) in [4.78, 5) is 12.0. The second-order valence-corrected chi connectivity index (χ2v) is 4.92. The molecule has 3 rings (SSSR count). The van der Waals surface area contributed by atoms with Crippen LogP contribution in [0.1, 0.15) is 0 Å². The second kappa shape index (κ2) is 6.60. The molecule has 3 aromatic heterocycles. The molecule has 110 valence electrons. The van der Waals surface area contributed by atoms with E-state index < -0.39 is 0 Å². The van der Waals surface area contributed by atoms with Gasteiger partial charge in [0.15, 0.2) is 0 Å². The van der Waals surface area contributed by atoms with E-state index >= 15 is 0 Å². The molecule has 0 bridgehead atoms. The van der Waals surface area contributed by atoms with Gasteiger partial charge in [-0.1, -0.05) is 29.3 Å². The van der Waals surface area contributed by atoms with Gasteiger partial charge in [0.25, 0.3) is 0 Å². The van der Waals surface area contributed by atoms with Crippen molar-refractivity contribution in [2.45, 2.75) is 0 Å². The van der Waals surface area contributed by atoms with Gasteiger partial charge in [0.1, 0.15) is 21.8 Å². The monoisotopic (exact) mass is 333 g/mol. The van der Waals surface area contributed by atoms with Gasteiger partial charge in [0.2, 0.25) is 11.8 Å². The first-order valence-electron chi connectivity index (χ1n) is 6.25. The Hall–Kier alpha value is -2.37. The van der Waals surface area contributed by atoms with Crippen molar-refractivity contribution in [3.05, 3.63) is 65.2 Å². The first-order valence-corrected chi connectivity index (χ1v) is 7.00. The maximum Gasteiger partial charge on any atom is 0.222 e. The van der Waals surface area contributed by atoms with Crippen molar-refractivity contribution in [3.63, 3.8) is 0 Å². The van der Waals surface area contributed by atoms with Gasteiger partial charge < -0.3 is 9.47 Å². The fraction of sp³-hybridized carbons (Fsp3) is 0. The van der Waals surface area contributed by atoms with Crippen LogP contribution in [-0.4, -0.2) is 15.0 Å². The number of hydrogen-bond donors (Lipinski definition) is 0. The van der Waals surface area contributed by atoms with Gasteiger partial charge >= 0.3 is 0 Å². The fourth-order valence-electron chi connectivity index (χ4n) is 1.65. The molecule has 0 saturated heterocycles. The summed E-state index contributed by atoms with van der Waals surface area (Å²) >= 11 is 11.6. The van der Waals surface area contributed by atoms with Crippen LogP contribution in [0.2, 0.25) is 10.3 Å². The van der Waals surface area contributed by atoms with E-state index in [0.717, 1.165) is 0 Å². The number of rotatable bonds is 4. The van der Waals surface area contributed by atoms with Crippen LogP contribution in [0.5, 0.6) is 23.3 Å². The molecule has 0 aromatic carbocycles. The van der Waals surface area contributed by atoms with E-state index in [2.05, 4.69) is 15.0 Å². The van der Waals surface area contributed by atoms with E-state index in [9.17, 15) is 0 Å². The van der Waals surface area contributed by atoms with Gasteiger partial charge in [-0.05, 0) is 12.1 Å². The molecule has 0 aliphatic heterocycles. The summed E-state index contributed by atoms with van der Waals surface area (Å²) in [6.07, 6.45) is 3.11. The molecule has 0 aliphatic carbocycles. The third-order valence-electron chi connectivity index (χ3n) is 2.54. The highest BCUT2D eigenvalue weighted by molar-refractivity contribution is 6.29. The fourth-order valence-corrected chi connectivity index (χ4v) is 1.98. The van der Waals surface area contributed by atoms with Crippen molar-refractivity contribution in [2.24, 2.45) is 0 Å². The minimum absolute atomic E-state index is 0.344. The zero-order valence-electron chi connectivity index (χ0n) is 11.1. The number of aromatic nitrogens is 3. The van der Waals surface area contributed by atoms with E-state index in [1.165, 1.54) is 0 Å². The van der Waals surface area contributed by atoms with Gasteiger partial charge in [-0.25, -0.2) is 9.97 Å². The van der Waals surface area contributed by atoms with Crippen molar-refractivity contribution in [1.82, 2.24) is 15.0 Å². The van der Waals surface area contributed by atoms with Crippen molar-refractivity contribution < 1.29 is 9.47 Å². The number of nitrogens with zero attached hydrogens (tertiary/aromatic N) is 3. The standard InChI is InChI=1S/C15H9Cl2N3O2/c16-12-8-10(4-6-18-12)21-14-2-1-3-15(20-14)22-11-5-7-19-13(17)9-11/h1-9H. The van der Waals surface area contributed by atoms with Crippen LogP contribution in [0.3, 0.4) is 0 Å². The highest BCUT2D eigenvalue weighted by Crippen LogP contribution is 2.26. The first kappa shape index (κ1) is 14.6. The highest BCUT2D eigenvalue weighted by atomic mass is 35.5. The Balaban J connectivity index is 1.78. The minimum atomic E-state index is 0.344. The zero-order chi connectivity index (χ0) is 15.4. The van der Waals surface area contributed by atoms with Gasteiger partial charge in [0.05, 0.1) is 0 Å². The lowest BCUT2D eigenvalue weighted by Crippen LogP contribution is -1.92. The van der Waals surface area contributed by atoms with Gasteiger partial charge in [-0.15, -0.1) is 0 Å². The Morgan fingerprint density at radius 2 is 1.23 bits per heavy atom. The van der Waals surface area contributed by atoms with E-state index in [1.807, 2.05) is 0 Å². The maximum atomic E-state index is 5.81. The van der Waals surface area contributed by atoms with Crippen molar-refractivity contribution in [2.75, 3.05) is 0 Å². The van der Waals surface area contributed by atoms with E-state index in [1.54, 1.807) is 54.9 Å². The lowest BCUT2D eigenvalue weighted by molar-refractivity contribution is 0.426. The third-order valence-corrected chi connectivity index (χ3v) is 2.95. The molecule has 0 spiro atoms. The summed E-state index contributed by atoms with van der Waals surface area (Å²) < 4.78 is 11.2. The zero-order valence-corrected chi connectivity index (χ0v) is 12.6. The van der Waals surface area contributed by atoms with E-state index in [4.69, 9.17) is 32.7 Å². The normalized spacial score (nSPS) is 10.3. The van der Waals surface area contributed by atoms with Crippen molar-refractivity contribution >= 4 is 23.2 Å². The van der Waals surface area contributed by atoms with Crippen molar-refractivity contribution in [1.29, 1.82) is 0 Å². The SMILES string of the molecule is Clc1cc(Oc2cccc(Oc3ccnc(Cl)c3)n2)ccn1. The Kier molecular flexibility index (Phi) is 4.37. The lowest BCUT2D eigenvalue weighted by atomic mass is 10.4. The second-order valence-electron chi connectivity index (χ2n) is 4.15. The molecular formula is C15H9Cl2N3O2. The topological polar surface area (TPSA) is 57.1 Å². The van der Waals surface area contributed by atoms with Crippen LogP contribution in [0.15, 0.2) is 54.9 Å². The molecule has 22 heavy (non-hydrogen) atoms. The molecule has 5 nitrogen and oxygen atoms in total. The summed E-state index contributed by atoms with van der Waals surface area (Å²) in [5, 5.41) is 0.688. The smallest absolute Gasteiger partial charge is 0.222 e. The van der Waals surface area contributed by atoms with Crippen molar-refractivity contribution in [3.8, 4) is 23.3 Å². The van der Waals surface area contributed by atoms with Gasteiger partial charge in [-0.2, -0.15) is 4.98 Å². The first-order chi connectivity index (χ1) is 10.7. The van der Waals surface area contributed by atoms with E-state index in [-0.39, 0.29) is 0 Å². The number of hydrogen-bond acceptors (Lipinski definition) is 5. The number of halogens is 2. The molecule has 0 saturated carbocycles. The third kappa shape index (κ3) is 3.84. The molecule has 0 unspecified atom stereocenters. The van der Waals surface area contributed by atoms with Gasteiger partial charge in [-0.3, -0.25) is 0 Å². The van der Waals surface area contributed by atoms with E-state index in [0.29, 0.717) is 33.6 Å². The largest absolute Gasteiger partial charge is 0.439 e. The quantitative estimate of drug-likeness (QED) is 0.644. The predicted molar refractivity (Wildman–Crippen MR) is 82.9 cm³/mol. The summed E-state index contributed by atoms with van der Waals surface area (Å²) in [5.41, 5.74) is 0. The van der Waals surface area contributed by atoms with Gasteiger partial charge in [0, 0.05) is 36.7 Å². The Morgan fingerprint density at radius 1 is 0.727 bits per heavy atom. The Morgan fingerprint density at radius 3 is 1.68 bits per heavy atom. The molecule has 0 aliphatic rings. The molecule has 3 aromatic rings. The molecule has 0 fully saturated rings. The average Bonchev–Trinajstić information content (AvgIpc) is 2.47. The molecule has 0 amide bonds. The highest BCUT2D eigenvalue weighted by Gasteiger charge is 2.04. The summed E-state index contributed by atoms with van der Waals surface area (Å²) in [7, 11) is 0. The van der Waals surface area contributed by atoms with Crippen LogP contribution in [0.25, 0.3) is 0 Å². The average molecular weight is 334 g/mol. The van der Waals surface area contributed by atoms with Crippen LogP contribution in [0.4, 0.5) is 0 Å². The molecule has 0 radical (unpaired) electrons. The molecule has 7 heteroatoms. The number of ether oxygens (including phenoxy) is 2. The predicted octanol–water partition coefficient (Wildman–Crippen LogP) is 4.76. The van der Waals surface area contributed by atoms with Crippen LogP contribution in [-0.2, 0) is 0 Å². The molecular weight excluding hydrogens is 325 g/mol. The minimum Gasteiger partial charge on any atom is -0.439 e. The molecule has 0 atom stereocenters. The summed E-state index contributed by atoms with van der Waals surface area (Å²) in [6.45, 7) is 0. The van der Waals surface area contributed by atoms with Crippen LogP contribution >= 0.6 is 23.2 Å². The Labute approximate surface area is 136 Å². The summed E-state index contributed by atoms with van der Waals surface area (Å²) in [6, 6.07) is 11.7. The maximum absolute atomic E-state index is 5.81. The lowest BCUT2D eigenvalue weighted by Gasteiger charge is -2.08. The number of pyridine rings is 3. The summed E-state index contributed by atoms with van der Waals surface area (Å²) in [5.74, 6) is 1.83. The molecule has 0 N–H and O–H groups in total. The Bertz CT molecular complexity index is 736. The molecule has 3 heterocycles.